The van der Waals surface area contributed by atoms with Crippen molar-refractivity contribution < 1.29 is 17.4 Å². The van der Waals surface area contributed by atoms with Crippen LogP contribution in [0.5, 0.6) is 5.75 Å². The highest BCUT2D eigenvalue weighted by atomic mass is 35.5. The maximum absolute atomic E-state index is 12.5. The lowest BCUT2D eigenvalue weighted by atomic mass is 10.1. The van der Waals surface area contributed by atoms with Crippen LogP contribution in [0.1, 0.15) is 16.7 Å². The molecule has 3 rings (SSSR count). The fraction of sp³-hybridized carbons (Fsp3) is 0.0909. The summed E-state index contributed by atoms with van der Waals surface area (Å²) in [7, 11) is -4.00. The molecule has 0 aliphatic rings. The number of carbonyl (C=O) groups excluding carboxylic acids is 1. The highest BCUT2D eigenvalue weighted by Crippen LogP contribution is 2.22. The maximum Gasteiger partial charge on any atom is 0.339 e. The molecule has 0 aliphatic carbocycles. The number of hydrogen-bond donors (Lipinski definition) is 1. The first-order valence-electron chi connectivity index (χ1n) is 9.00. The molecule has 1 amide bonds. The summed E-state index contributed by atoms with van der Waals surface area (Å²) in [4.78, 5) is 12.1. The van der Waals surface area contributed by atoms with Crippen LogP contribution in [0, 0.1) is 6.92 Å². The van der Waals surface area contributed by atoms with Gasteiger partial charge in [-0.1, -0.05) is 53.6 Å². The van der Waals surface area contributed by atoms with Gasteiger partial charge in [-0.15, -0.1) is 0 Å². The summed E-state index contributed by atoms with van der Waals surface area (Å²) < 4.78 is 30.3. The number of nitrogens with one attached hydrogen (secondary N) is 1. The lowest BCUT2D eigenvalue weighted by Gasteiger charge is -2.09. The number of carbonyl (C=O) groups is 1. The Hall–Kier alpha value is -3.16. The summed E-state index contributed by atoms with van der Waals surface area (Å²) in [6, 6.07) is 19.8. The van der Waals surface area contributed by atoms with Crippen LogP contribution < -0.4 is 9.61 Å². The quantitative estimate of drug-likeness (QED) is 0.339. The van der Waals surface area contributed by atoms with Crippen molar-refractivity contribution in [3.8, 4) is 5.75 Å². The zero-order chi connectivity index (χ0) is 21.6. The highest BCUT2D eigenvalue weighted by Gasteiger charge is 2.17. The molecule has 3 aromatic rings. The molecule has 0 saturated carbocycles. The van der Waals surface area contributed by atoms with Crippen LogP contribution in [0.15, 0.2) is 82.8 Å². The van der Waals surface area contributed by atoms with Gasteiger partial charge >= 0.3 is 10.1 Å². The molecule has 6 nitrogen and oxygen atoms in total. The summed E-state index contributed by atoms with van der Waals surface area (Å²) in [5.74, 6) is -0.231. The molecule has 30 heavy (non-hydrogen) atoms. The minimum atomic E-state index is -4.00. The van der Waals surface area contributed by atoms with E-state index in [9.17, 15) is 13.2 Å². The van der Waals surface area contributed by atoms with Gasteiger partial charge < -0.3 is 4.18 Å². The molecule has 1 N–H and O–H groups in total. The number of rotatable bonds is 7. The maximum atomic E-state index is 12.5. The molecule has 0 heterocycles. The van der Waals surface area contributed by atoms with Gasteiger partial charge in [0.2, 0.25) is 5.91 Å². The van der Waals surface area contributed by atoms with Gasteiger partial charge in [0, 0.05) is 10.6 Å². The smallest absolute Gasteiger partial charge is 0.339 e. The van der Waals surface area contributed by atoms with Gasteiger partial charge in [0.1, 0.15) is 4.90 Å². The van der Waals surface area contributed by atoms with Crippen molar-refractivity contribution in [1.29, 1.82) is 0 Å². The molecule has 0 aromatic heterocycles. The number of hydrazone groups is 1. The molecule has 0 fully saturated rings. The summed E-state index contributed by atoms with van der Waals surface area (Å²) in [5, 5.41) is 4.45. The van der Waals surface area contributed by atoms with E-state index in [1.165, 1.54) is 24.4 Å². The number of benzene rings is 3. The molecule has 3 aromatic carbocycles. The van der Waals surface area contributed by atoms with E-state index in [0.717, 1.165) is 11.1 Å². The Balaban J connectivity index is 1.69. The molecular formula is C22H19ClN2O4S. The van der Waals surface area contributed by atoms with Crippen molar-refractivity contribution in [2.75, 3.05) is 0 Å². The number of aryl methyl sites for hydroxylation is 1. The largest absolute Gasteiger partial charge is 0.378 e. The first-order valence-corrected chi connectivity index (χ1v) is 10.8. The predicted molar refractivity (Wildman–Crippen MR) is 116 cm³/mol. The molecule has 0 atom stereocenters. The Labute approximate surface area is 180 Å². The Morgan fingerprint density at radius 3 is 2.53 bits per heavy atom. The Kier molecular flexibility index (Phi) is 6.87. The summed E-state index contributed by atoms with van der Waals surface area (Å²) in [6.45, 7) is 1.86. The lowest BCUT2D eigenvalue weighted by molar-refractivity contribution is -0.120. The van der Waals surface area contributed by atoms with Crippen LogP contribution in [-0.4, -0.2) is 20.5 Å². The average molecular weight is 443 g/mol. The van der Waals surface area contributed by atoms with Crippen molar-refractivity contribution in [3.05, 3.63) is 94.5 Å². The number of nitrogens with zero attached hydrogens (tertiary/aromatic N) is 1. The third kappa shape index (κ3) is 5.92. The van der Waals surface area contributed by atoms with E-state index in [0.29, 0.717) is 10.6 Å². The third-order valence-electron chi connectivity index (χ3n) is 4.07. The van der Waals surface area contributed by atoms with E-state index in [2.05, 4.69) is 10.5 Å². The Morgan fingerprint density at radius 2 is 1.80 bits per heavy atom. The molecule has 0 unspecified atom stereocenters. The fourth-order valence-electron chi connectivity index (χ4n) is 2.58. The second-order valence-corrected chi connectivity index (χ2v) is 8.47. The molecule has 0 saturated heterocycles. The van der Waals surface area contributed by atoms with Crippen molar-refractivity contribution in [2.45, 2.75) is 18.2 Å². The SMILES string of the molecule is Cc1ccc(S(=O)(=O)Oc2ccccc2C=NNC(=O)Cc2cccc(Cl)c2)cc1. The minimum Gasteiger partial charge on any atom is -0.378 e. The lowest BCUT2D eigenvalue weighted by Crippen LogP contribution is -2.19. The zero-order valence-corrected chi connectivity index (χ0v) is 17.7. The number of hydrogen-bond acceptors (Lipinski definition) is 5. The van der Waals surface area contributed by atoms with Crippen LogP contribution in [0.25, 0.3) is 0 Å². The van der Waals surface area contributed by atoms with Crippen LogP contribution in [0.3, 0.4) is 0 Å². The van der Waals surface area contributed by atoms with Crippen LogP contribution in [0.2, 0.25) is 5.02 Å². The van der Waals surface area contributed by atoms with Crippen molar-refractivity contribution in [3.63, 3.8) is 0 Å². The highest BCUT2D eigenvalue weighted by molar-refractivity contribution is 7.87. The van der Waals surface area contributed by atoms with E-state index < -0.39 is 10.1 Å². The summed E-state index contributed by atoms with van der Waals surface area (Å²) in [5.41, 5.74) is 4.50. The van der Waals surface area contributed by atoms with E-state index in [1.54, 1.807) is 54.6 Å². The van der Waals surface area contributed by atoms with Crippen molar-refractivity contribution >= 4 is 33.8 Å². The molecule has 8 heteroatoms. The van der Waals surface area contributed by atoms with Crippen LogP contribution in [0.4, 0.5) is 0 Å². The van der Waals surface area contributed by atoms with Crippen molar-refractivity contribution in [1.82, 2.24) is 5.43 Å². The van der Waals surface area contributed by atoms with E-state index in [4.69, 9.17) is 15.8 Å². The second kappa shape index (κ2) is 9.56. The van der Waals surface area contributed by atoms with Gasteiger partial charge in [-0.2, -0.15) is 13.5 Å². The van der Waals surface area contributed by atoms with Crippen LogP contribution in [-0.2, 0) is 21.3 Å². The van der Waals surface area contributed by atoms with Gasteiger partial charge in [-0.25, -0.2) is 5.43 Å². The summed E-state index contributed by atoms with van der Waals surface area (Å²) >= 11 is 5.91. The summed E-state index contributed by atoms with van der Waals surface area (Å²) in [6.07, 6.45) is 1.44. The molecule has 0 spiro atoms. The van der Waals surface area contributed by atoms with Gasteiger partial charge in [0.25, 0.3) is 0 Å². The number of para-hydroxylation sites is 1. The molecule has 0 aliphatic heterocycles. The first kappa shape index (κ1) is 21.5. The van der Waals surface area contributed by atoms with Crippen molar-refractivity contribution in [2.24, 2.45) is 5.10 Å². The number of halogens is 1. The van der Waals surface area contributed by atoms with E-state index >= 15 is 0 Å². The first-order chi connectivity index (χ1) is 14.3. The second-order valence-electron chi connectivity index (χ2n) is 6.49. The van der Waals surface area contributed by atoms with E-state index in [-0.39, 0.29) is 23.0 Å². The van der Waals surface area contributed by atoms with E-state index in [1.807, 2.05) is 6.92 Å². The van der Waals surface area contributed by atoms with Crippen LogP contribution >= 0.6 is 11.6 Å². The Bertz CT molecular complexity index is 1180. The van der Waals surface area contributed by atoms with Gasteiger partial charge in [-0.3, -0.25) is 4.79 Å². The topological polar surface area (TPSA) is 84.8 Å². The predicted octanol–water partition coefficient (Wildman–Crippen LogP) is 4.11. The fourth-order valence-corrected chi connectivity index (χ4v) is 3.75. The van der Waals surface area contributed by atoms with Gasteiger partial charge in [0.05, 0.1) is 12.6 Å². The molecule has 0 radical (unpaired) electrons. The Morgan fingerprint density at radius 1 is 1.07 bits per heavy atom. The number of amides is 1. The molecule has 154 valence electrons. The molecular weight excluding hydrogens is 424 g/mol. The normalized spacial score (nSPS) is 11.4. The van der Waals surface area contributed by atoms with Gasteiger partial charge in [0.15, 0.2) is 5.75 Å². The zero-order valence-electron chi connectivity index (χ0n) is 16.1. The molecule has 0 bridgehead atoms. The third-order valence-corrected chi connectivity index (χ3v) is 5.56. The average Bonchev–Trinajstić information content (AvgIpc) is 2.69. The minimum absolute atomic E-state index is 0.0506. The monoisotopic (exact) mass is 442 g/mol. The standard InChI is InChI=1S/C22H19ClN2O4S/c1-16-9-11-20(12-10-16)30(27,28)29-21-8-3-2-6-18(21)15-24-25-22(26)14-17-5-4-7-19(23)13-17/h2-13,15H,14H2,1H3,(H,25,26). The van der Waals surface area contributed by atoms with Gasteiger partial charge in [-0.05, 0) is 48.9 Å².